The Labute approximate surface area is 130 Å². The Morgan fingerprint density at radius 2 is 1.81 bits per heavy atom. The molecule has 108 valence electrons. The molecule has 3 nitrogen and oxygen atoms in total. The van der Waals surface area contributed by atoms with Crippen molar-refractivity contribution in [2.24, 2.45) is 5.73 Å². The minimum Gasteiger partial charge on any atom is -0.389 e. The first-order valence-corrected chi connectivity index (χ1v) is 7.27. The predicted octanol–water partition coefficient (Wildman–Crippen LogP) is 2.81. The van der Waals surface area contributed by atoms with Gasteiger partial charge in [-0.15, -0.1) is 0 Å². The summed E-state index contributed by atoms with van der Waals surface area (Å²) < 4.78 is 0. The Bertz CT molecular complexity index is 650. The third-order valence-corrected chi connectivity index (χ3v) is 3.57. The maximum Gasteiger partial charge on any atom is 0.251 e. The largest absolute Gasteiger partial charge is 0.389 e. The second-order valence-electron chi connectivity index (χ2n) is 4.75. The van der Waals surface area contributed by atoms with Crippen molar-refractivity contribution in [2.75, 3.05) is 0 Å². The van der Waals surface area contributed by atoms with Crippen molar-refractivity contribution in [3.63, 3.8) is 0 Å². The van der Waals surface area contributed by atoms with Crippen LogP contribution in [0, 0.1) is 0 Å². The maximum absolute atomic E-state index is 12.2. The predicted molar refractivity (Wildman–Crippen MR) is 89.3 cm³/mol. The van der Waals surface area contributed by atoms with E-state index < -0.39 is 0 Å². The molecule has 2 rings (SSSR count). The molecule has 0 aliphatic carbocycles. The average molecular weight is 298 g/mol. The fraction of sp³-hybridized carbons (Fsp3) is 0.176. The Kier molecular flexibility index (Phi) is 5.06. The number of benzene rings is 2. The van der Waals surface area contributed by atoms with Crippen LogP contribution in [0.2, 0.25) is 0 Å². The smallest absolute Gasteiger partial charge is 0.251 e. The summed E-state index contributed by atoms with van der Waals surface area (Å²) in [7, 11) is 0. The van der Waals surface area contributed by atoms with Gasteiger partial charge in [-0.3, -0.25) is 4.79 Å². The summed E-state index contributed by atoms with van der Waals surface area (Å²) in [5.41, 5.74) is 9.19. The van der Waals surface area contributed by atoms with Crippen LogP contribution in [0.25, 0.3) is 0 Å². The standard InChI is InChI=1S/C17H18N2OS/c1-2-13-5-3-4-6-15(13)17(20)19-11-12-7-9-14(10-8-12)16(18)21/h3-10H,2,11H2,1H3,(H2,18,21)(H,19,20). The van der Waals surface area contributed by atoms with Crippen LogP contribution in [-0.2, 0) is 13.0 Å². The Morgan fingerprint density at radius 1 is 1.14 bits per heavy atom. The average Bonchev–Trinajstić information content (AvgIpc) is 2.52. The molecule has 0 atom stereocenters. The van der Waals surface area contributed by atoms with E-state index in [0.29, 0.717) is 11.5 Å². The number of rotatable bonds is 5. The highest BCUT2D eigenvalue weighted by Crippen LogP contribution is 2.10. The topological polar surface area (TPSA) is 55.1 Å². The van der Waals surface area contributed by atoms with Gasteiger partial charge in [0.05, 0.1) is 0 Å². The number of carbonyl (C=O) groups is 1. The first-order chi connectivity index (χ1) is 10.1. The Morgan fingerprint density at radius 3 is 2.43 bits per heavy atom. The molecule has 0 aliphatic rings. The lowest BCUT2D eigenvalue weighted by Gasteiger charge is -2.09. The summed E-state index contributed by atoms with van der Waals surface area (Å²) in [5, 5.41) is 2.94. The number of hydrogen-bond acceptors (Lipinski definition) is 2. The minimum atomic E-state index is -0.0501. The molecule has 4 heteroatoms. The van der Waals surface area contributed by atoms with Gasteiger partial charge in [0.15, 0.2) is 0 Å². The van der Waals surface area contributed by atoms with Gasteiger partial charge in [-0.1, -0.05) is 61.6 Å². The molecule has 2 aromatic carbocycles. The molecule has 0 unspecified atom stereocenters. The molecule has 1 amide bonds. The van der Waals surface area contributed by atoms with Crippen LogP contribution >= 0.6 is 12.2 Å². The third-order valence-electron chi connectivity index (χ3n) is 3.33. The number of carbonyl (C=O) groups excluding carboxylic acids is 1. The molecular weight excluding hydrogens is 280 g/mol. The monoisotopic (exact) mass is 298 g/mol. The van der Waals surface area contributed by atoms with Gasteiger partial charge in [0.2, 0.25) is 0 Å². The summed E-state index contributed by atoms with van der Waals surface area (Å²) >= 11 is 4.91. The van der Waals surface area contributed by atoms with E-state index in [4.69, 9.17) is 18.0 Å². The summed E-state index contributed by atoms with van der Waals surface area (Å²) in [6, 6.07) is 15.2. The first-order valence-electron chi connectivity index (χ1n) is 6.86. The van der Waals surface area contributed by atoms with E-state index in [1.54, 1.807) is 0 Å². The molecule has 0 fully saturated rings. The summed E-state index contributed by atoms with van der Waals surface area (Å²) in [5.74, 6) is -0.0501. The van der Waals surface area contributed by atoms with Gasteiger partial charge in [-0.25, -0.2) is 0 Å². The molecular formula is C17H18N2OS. The lowest BCUT2D eigenvalue weighted by Crippen LogP contribution is -2.24. The fourth-order valence-corrected chi connectivity index (χ4v) is 2.25. The van der Waals surface area contributed by atoms with E-state index >= 15 is 0 Å². The number of nitrogens with two attached hydrogens (primary N) is 1. The van der Waals surface area contributed by atoms with E-state index in [9.17, 15) is 4.79 Å². The molecule has 0 heterocycles. The quantitative estimate of drug-likeness (QED) is 0.835. The number of amides is 1. The van der Waals surface area contributed by atoms with Gasteiger partial charge in [-0.05, 0) is 23.6 Å². The number of thiocarbonyl (C=S) groups is 1. The van der Waals surface area contributed by atoms with E-state index in [0.717, 1.165) is 28.7 Å². The first kappa shape index (κ1) is 15.2. The van der Waals surface area contributed by atoms with E-state index in [1.165, 1.54) is 0 Å². The zero-order valence-electron chi connectivity index (χ0n) is 11.9. The lowest BCUT2D eigenvalue weighted by atomic mass is 10.0. The highest BCUT2D eigenvalue weighted by molar-refractivity contribution is 7.80. The van der Waals surface area contributed by atoms with Crippen LogP contribution in [0.15, 0.2) is 48.5 Å². The third kappa shape index (κ3) is 3.89. The SMILES string of the molecule is CCc1ccccc1C(=O)NCc1ccc(C(N)=S)cc1. The van der Waals surface area contributed by atoms with Crippen molar-refractivity contribution >= 4 is 23.1 Å². The summed E-state index contributed by atoms with van der Waals surface area (Å²) in [6.07, 6.45) is 0.840. The van der Waals surface area contributed by atoms with Crippen molar-refractivity contribution < 1.29 is 4.79 Å². The summed E-state index contributed by atoms with van der Waals surface area (Å²) in [6.45, 7) is 2.52. The Balaban J connectivity index is 2.02. The van der Waals surface area contributed by atoms with Gasteiger partial charge < -0.3 is 11.1 Å². The van der Waals surface area contributed by atoms with Crippen LogP contribution in [0.4, 0.5) is 0 Å². The number of nitrogens with one attached hydrogen (secondary N) is 1. The molecule has 0 spiro atoms. The van der Waals surface area contributed by atoms with Gasteiger partial charge in [0.25, 0.3) is 5.91 Å². The minimum absolute atomic E-state index is 0.0501. The number of hydrogen-bond donors (Lipinski definition) is 2. The van der Waals surface area contributed by atoms with Crippen LogP contribution in [0.3, 0.4) is 0 Å². The van der Waals surface area contributed by atoms with Crippen LogP contribution in [0.1, 0.15) is 34.0 Å². The van der Waals surface area contributed by atoms with Gasteiger partial charge in [0, 0.05) is 17.7 Å². The molecule has 0 aliphatic heterocycles. The van der Waals surface area contributed by atoms with Crippen LogP contribution < -0.4 is 11.1 Å². The number of aryl methyl sites for hydroxylation is 1. The van der Waals surface area contributed by atoms with Crippen molar-refractivity contribution in [2.45, 2.75) is 19.9 Å². The molecule has 2 aromatic rings. The van der Waals surface area contributed by atoms with Crippen molar-refractivity contribution in [3.8, 4) is 0 Å². The van der Waals surface area contributed by atoms with Crippen molar-refractivity contribution in [3.05, 3.63) is 70.8 Å². The molecule has 0 saturated heterocycles. The molecule has 3 N–H and O–H groups in total. The van der Waals surface area contributed by atoms with E-state index in [-0.39, 0.29) is 5.91 Å². The lowest BCUT2D eigenvalue weighted by molar-refractivity contribution is 0.0950. The molecule has 0 saturated carbocycles. The normalized spacial score (nSPS) is 10.1. The van der Waals surface area contributed by atoms with E-state index in [2.05, 4.69) is 5.32 Å². The van der Waals surface area contributed by atoms with E-state index in [1.807, 2.05) is 55.5 Å². The highest BCUT2D eigenvalue weighted by Gasteiger charge is 2.09. The zero-order chi connectivity index (χ0) is 15.2. The zero-order valence-corrected chi connectivity index (χ0v) is 12.7. The van der Waals surface area contributed by atoms with Crippen molar-refractivity contribution in [1.82, 2.24) is 5.32 Å². The van der Waals surface area contributed by atoms with Gasteiger partial charge >= 0.3 is 0 Å². The molecule has 0 bridgehead atoms. The van der Waals surface area contributed by atoms with Crippen LogP contribution in [-0.4, -0.2) is 10.9 Å². The highest BCUT2D eigenvalue weighted by atomic mass is 32.1. The molecule has 0 radical (unpaired) electrons. The van der Waals surface area contributed by atoms with Crippen molar-refractivity contribution in [1.29, 1.82) is 0 Å². The summed E-state index contributed by atoms with van der Waals surface area (Å²) in [4.78, 5) is 12.6. The second-order valence-corrected chi connectivity index (χ2v) is 5.19. The second kappa shape index (κ2) is 6.99. The molecule has 0 aromatic heterocycles. The van der Waals surface area contributed by atoms with Gasteiger partial charge in [0.1, 0.15) is 4.99 Å². The fourth-order valence-electron chi connectivity index (χ4n) is 2.11. The Hall–Kier alpha value is -2.20. The maximum atomic E-state index is 12.2. The van der Waals surface area contributed by atoms with Crippen LogP contribution in [0.5, 0.6) is 0 Å². The molecule has 21 heavy (non-hydrogen) atoms. The van der Waals surface area contributed by atoms with Gasteiger partial charge in [-0.2, -0.15) is 0 Å².